The lowest BCUT2D eigenvalue weighted by atomic mass is 10.5. The summed E-state index contributed by atoms with van der Waals surface area (Å²) >= 11 is 0. The van der Waals surface area contributed by atoms with E-state index < -0.39 is 0 Å². The minimum Gasteiger partial charge on any atom is -0.382 e. The highest BCUT2D eigenvalue weighted by atomic mass is 16.6. The van der Waals surface area contributed by atoms with Crippen molar-refractivity contribution in [2.24, 2.45) is 5.73 Å². The molecule has 5 heteroatoms. The van der Waals surface area contributed by atoms with Crippen LogP contribution in [0.5, 0.6) is 0 Å². The van der Waals surface area contributed by atoms with Crippen molar-refractivity contribution in [1.82, 2.24) is 0 Å². The van der Waals surface area contributed by atoms with Gasteiger partial charge < -0.3 is 24.7 Å². The fourth-order valence-electron chi connectivity index (χ4n) is 0.870. The third-order valence-corrected chi connectivity index (χ3v) is 1.67. The number of methoxy groups -OCH3 is 1. The molecule has 0 amide bonds. The Morgan fingerprint density at radius 1 is 0.733 bits per heavy atom. The second-order valence-electron chi connectivity index (χ2n) is 2.97. The lowest BCUT2D eigenvalue weighted by Gasteiger charge is -2.06. The number of ether oxygens (including phenoxy) is 4. The van der Waals surface area contributed by atoms with E-state index in [9.17, 15) is 0 Å². The summed E-state index contributed by atoms with van der Waals surface area (Å²) in [6.45, 7) is 5.07. The van der Waals surface area contributed by atoms with Gasteiger partial charge in [-0.05, 0) is 13.0 Å². The van der Waals surface area contributed by atoms with Crippen molar-refractivity contribution < 1.29 is 18.9 Å². The van der Waals surface area contributed by atoms with Crippen LogP contribution in [0.2, 0.25) is 0 Å². The highest BCUT2D eigenvalue weighted by molar-refractivity contribution is 4.37. The molecule has 0 unspecified atom stereocenters. The van der Waals surface area contributed by atoms with E-state index in [4.69, 9.17) is 24.7 Å². The van der Waals surface area contributed by atoms with Crippen molar-refractivity contribution in [1.29, 1.82) is 0 Å². The van der Waals surface area contributed by atoms with Crippen LogP contribution in [0.3, 0.4) is 0 Å². The molecule has 0 heterocycles. The van der Waals surface area contributed by atoms with Gasteiger partial charge in [0.1, 0.15) is 0 Å². The van der Waals surface area contributed by atoms with Crippen molar-refractivity contribution in [3.8, 4) is 0 Å². The molecular weight excluding hydrogens is 198 g/mol. The zero-order valence-corrected chi connectivity index (χ0v) is 9.57. The summed E-state index contributed by atoms with van der Waals surface area (Å²) in [4.78, 5) is 0. The molecule has 0 radical (unpaired) electrons. The molecule has 0 saturated heterocycles. The highest BCUT2D eigenvalue weighted by Crippen LogP contribution is 1.83. The van der Waals surface area contributed by atoms with Crippen LogP contribution in [-0.4, -0.2) is 59.9 Å². The zero-order chi connectivity index (χ0) is 11.2. The summed E-state index contributed by atoms with van der Waals surface area (Å²) in [5, 5.41) is 0. The maximum absolute atomic E-state index is 5.31. The first-order chi connectivity index (χ1) is 7.41. The Balaban J connectivity index is 2.81. The predicted octanol–water partition coefficient (Wildman–Crippen LogP) is 0.0314. The van der Waals surface area contributed by atoms with Crippen molar-refractivity contribution >= 4 is 0 Å². The van der Waals surface area contributed by atoms with Gasteiger partial charge in [-0.2, -0.15) is 0 Å². The molecule has 0 aliphatic carbocycles. The largest absolute Gasteiger partial charge is 0.382 e. The van der Waals surface area contributed by atoms with Gasteiger partial charge in [0.15, 0.2) is 0 Å². The highest BCUT2D eigenvalue weighted by Gasteiger charge is 1.91. The maximum atomic E-state index is 5.31. The third kappa shape index (κ3) is 13.8. The Morgan fingerprint density at radius 3 is 1.67 bits per heavy atom. The van der Waals surface area contributed by atoms with Gasteiger partial charge in [-0.15, -0.1) is 0 Å². The summed E-state index contributed by atoms with van der Waals surface area (Å²) in [6.07, 6.45) is 0.903. The Kier molecular flexibility index (Phi) is 13.6. The van der Waals surface area contributed by atoms with Gasteiger partial charge in [0.05, 0.1) is 39.6 Å². The first-order valence-corrected chi connectivity index (χ1v) is 5.34. The quantitative estimate of drug-likeness (QED) is 0.471. The average Bonchev–Trinajstić information content (AvgIpc) is 2.26. The Hall–Kier alpha value is -0.200. The molecule has 15 heavy (non-hydrogen) atoms. The molecule has 0 aliphatic rings. The standard InChI is InChI=1S/C10H23NO4/c1-12-5-6-14-9-10-15-8-7-13-4-2-3-11/h2-11H2,1H3. The van der Waals surface area contributed by atoms with E-state index in [1.807, 2.05) is 0 Å². The molecule has 5 nitrogen and oxygen atoms in total. The van der Waals surface area contributed by atoms with Gasteiger partial charge in [-0.25, -0.2) is 0 Å². The van der Waals surface area contributed by atoms with E-state index >= 15 is 0 Å². The molecule has 0 rings (SSSR count). The van der Waals surface area contributed by atoms with Gasteiger partial charge in [0.25, 0.3) is 0 Å². The smallest absolute Gasteiger partial charge is 0.0701 e. The van der Waals surface area contributed by atoms with Crippen molar-refractivity contribution in [2.75, 3.05) is 59.9 Å². The summed E-state index contributed by atoms with van der Waals surface area (Å²) in [7, 11) is 1.65. The number of rotatable bonds is 12. The normalized spacial score (nSPS) is 10.8. The van der Waals surface area contributed by atoms with Crippen LogP contribution < -0.4 is 5.73 Å². The first kappa shape index (κ1) is 14.8. The minimum atomic E-state index is 0.601. The topological polar surface area (TPSA) is 62.9 Å². The Bertz CT molecular complexity index is 102. The molecule has 0 aromatic carbocycles. The van der Waals surface area contributed by atoms with E-state index in [1.165, 1.54) is 0 Å². The fourth-order valence-corrected chi connectivity index (χ4v) is 0.870. The molecule has 0 saturated carbocycles. The van der Waals surface area contributed by atoms with Crippen LogP contribution in [0, 0.1) is 0 Å². The molecule has 0 aromatic rings. The van der Waals surface area contributed by atoms with Crippen molar-refractivity contribution in [3.63, 3.8) is 0 Å². The van der Waals surface area contributed by atoms with Crippen LogP contribution in [0.1, 0.15) is 6.42 Å². The van der Waals surface area contributed by atoms with E-state index in [-0.39, 0.29) is 0 Å². The second kappa shape index (κ2) is 13.8. The molecular formula is C10H23NO4. The molecule has 0 aromatic heterocycles. The van der Waals surface area contributed by atoms with Gasteiger partial charge in [-0.1, -0.05) is 0 Å². The molecule has 0 spiro atoms. The first-order valence-electron chi connectivity index (χ1n) is 5.34. The van der Waals surface area contributed by atoms with Gasteiger partial charge >= 0.3 is 0 Å². The van der Waals surface area contributed by atoms with Crippen LogP contribution in [0.25, 0.3) is 0 Å². The summed E-state index contributed by atoms with van der Waals surface area (Å²) in [6, 6.07) is 0. The van der Waals surface area contributed by atoms with Gasteiger partial charge in [-0.3, -0.25) is 0 Å². The van der Waals surface area contributed by atoms with Crippen LogP contribution in [-0.2, 0) is 18.9 Å². The van der Waals surface area contributed by atoms with Gasteiger partial charge in [0.2, 0.25) is 0 Å². The number of hydrogen-bond donors (Lipinski definition) is 1. The van der Waals surface area contributed by atoms with Crippen LogP contribution in [0.4, 0.5) is 0 Å². The zero-order valence-electron chi connectivity index (χ0n) is 9.57. The molecule has 92 valence electrons. The third-order valence-electron chi connectivity index (χ3n) is 1.67. The predicted molar refractivity (Wildman–Crippen MR) is 58.0 cm³/mol. The fraction of sp³-hybridized carbons (Fsp3) is 1.00. The lowest BCUT2D eigenvalue weighted by Crippen LogP contribution is -2.12. The van der Waals surface area contributed by atoms with Crippen LogP contribution in [0.15, 0.2) is 0 Å². The van der Waals surface area contributed by atoms with Crippen molar-refractivity contribution in [3.05, 3.63) is 0 Å². The van der Waals surface area contributed by atoms with Gasteiger partial charge in [0, 0.05) is 13.7 Å². The van der Waals surface area contributed by atoms with E-state index in [1.54, 1.807) is 7.11 Å². The molecule has 0 aliphatic heterocycles. The lowest BCUT2D eigenvalue weighted by molar-refractivity contribution is 0.00360. The minimum absolute atomic E-state index is 0.601. The average molecular weight is 221 g/mol. The number of nitrogens with two attached hydrogens (primary N) is 1. The molecule has 2 N–H and O–H groups in total. The summed E-state index contributed by atoms with van der Waals surface area (Å²) in [5.41, 5.74) is 5.31. The molecule has 0 fully saturated rings. The summed E-state index contributed by atoms with van der Waals surface area (Å²) in [5.74, 6) is 0. The van der Waals surface area contributed by atoms with Crippen LogP contribution >= 0.6 is 0 Å². The summed E-state index contributed by atoms with van der Waals surface area (Å²) < 4.78 is 20.6. The Morgan fingerprint density at radius 2 is 1.20 bits per heavy atom. The maximum Gasteiger partial charge on any atom is 0.0701 e. The Labute approximate surface area is 91.8 Å². The monoisotopic (exact) mass is 221 g/mol. The molecule has 0 atom stereocenters. The molecule has 0 bridgehead atoms. The number of hydrogen-bond acceptors (Lipinski definition) is 5. The van der Waals surface area contributed by atoms with E-state index in [0.717, 1.165) is 6.42 Å². The SMILES string of the molecule is COCCOCCOCCOCCCN. The van der Waals surface area contributed by atoms with Crippen molar-refractivity contribution in [2.45, 2.75) is 6.42 Å². The van der Waals surface area contributed by atoms with E-state index in [0.29, 0.717) is 52.8 Å². The second-order valence-corrected chi connectivity index (χ2v) is 2.97. The van der Waals surface area contributed by atoms with E-state index in [2.05, 4.69) is 0 Å².